The van der Waals surface area contributed by atoms with E-state index in [1.54, 1.807) is 4.90 Å². The highest BCUT2D eigenvalue weighted by atomic mass is 16.2. The minimum absolute atomic E-state index is 0.122. The van der Waals surface area contributed by atoms with Gasteiger partial charge in [0, 0.05) is 12.6 Å². The summed E-state index contributed by atoms with van der Waals surface area (Å²) in [6.07, 6.45) is 2.88. The molecule has 1 aliphatic rings. The zero-order chi connectivity index (χ0) is 10.7. The molecule has 78 valence electrons. The van der Waals surface area contributed by atoms with Crippen molar-refractivity contribution in [2.24, 2.45) is 11.7 Å². The zero-order valence-corrected chi connectivity index (χ0v) is 8.40. The number of carbonyl (C=O) groups excluding carboxylic acids is 2. The summed E-state index contributed by atoms with van der Waals surface area (Å²) in [6, 6.07) is 0.177. The van der Waals surface area contributed by atoms with Crippen LogP contribution in [0.5, 0.6) is 0 Å². The molecule has 0 aromatic carbocycles. The van der Waals surface area contributed by atoms with Crippen LogP contribution in [0, 0.1) is 5.92 Å². The predicted molar refractivity (Wildman–Crippen MR) is 53.3 cm³/mol. The van der Waals surface area contributed by atoms with Crippen LogP contribution in [0.25, 0.3) is 0 Å². The van der Waals surface area contributed by atoms with Gasteiger partial charge in [0.1, 0.15) is 0 Å². The second-order valence-electron chi connectivity index (χ2n) is 3.72. The Hall–Kier alpha value is -1.32. The number of nitrogens with zero attached hydrogens (tertiary/aromatic N) is 1. The minimum Gasteiger partial charge on any atom is -0.369 e. The molecular weight excluding hydrogens is 180 g/mol. The summed E-state index contributed by atoms with van der Waals surface area (Å²) in [5.41, 5.74) is 5.21. The van der Waals surface area contributed by atoms with Crippen LogP contribution in [0.15, 0.2) is 12.7 Å². The van der Waals surface area contributed by atoms with Crippen LogP contribution in [0.2, 0.25) is 0 Å². The summed E-state index contributed by atoms with van der Waals surface area (Å²) in [5, 5.41) is 0. The number of nitrogens with two attached hydrogens (primary N) is 1. The van der Waals surface area contributed by atoms with E-state index in [0.717, 1.165) is 12.8 Å². The van der Waals surface area contributed by atoms with Gasteiger partial charge in [-0.25, -0.2) is 0 Å². The molecule has 0 saturated carbocycles. The number of rotatable bonds is 2. The van der Waals surface area contributed by atoms with Crippen LogP contribution in [0.1, 0.15) is 19.8 Å². The number of primary amides is 1. The van der Waals surface area contributed by atoms with Crippen LogP contribution in [-0.2, 0) is 9.59 Å². The fraction of sp³-hybridized carbons (Fsp3) is 0.600. The van der Waals surface area contributed by atoms with Crippen LogP contribution >= 0.6 is 0 Å². The van der Waals surface area contributed by atoms with Gasteiger partial charge in [0.25, 0.3) is 0 Å². The summed E-state index contributed by atoms with van der Waals surface area (Å²) in [5.74, 6) is -0.641. The molecule has 4 nitrogen and oxygen atoms in total. The van der Waals surface area contributed by atoms with Crippen LogP contribution in [0.4, 0.5) is 0 Å². The number of carbonyl (C=O) groups is 2. The largest absolute Gasteiger partial charge is 0.369 e. The van der Waals surface area contributed by atoms with Crippen molar-refractivity contribution in [3.8, 4) is 0 Å². The monoisotopic (exact) mass is 196 g/mol. The number of amides is 2. The van der Waals surface area contributed by atoms with Gasteiger partial charge in [-0.1, -0.05) is 6.58 Å². The van der Waals surface area contributed by atoms with Crippen molar-refractivity contribution in [3.05, 3.63) is 12.7 Å². The topological polar surface area (TPSA) is 63.4 Å². The first-order chi connectivity index (χ1) is 6.56. The Morgan fingerprint density at radius 2 is 2.14 bits per heavy atom. The quantitative estimate of drug-likeness (QED) is 0.645. The third-order valence-electron chi connectivity index (χ3n) is 2.74. The van der Waals surface area contributed by atoms with Gasteiger partial charge in [-0.3, -0.25) is 9.59 Å². The molecule has 1 rings (SSSR count). The van der Waals surface area contributed by atoms with E-state index >= 15 is 0 Å². The van der Waals surface area contributed by atoms with Crippen molar-refractivity contribution in [1.82, 2.24) is 4.90 Å². The summed E-state index contributed by atoms with van der Waals surface area (Å²) in [6.45, 7) is 5.84. The molecule has 2 atom stereocenters. The molecule has 1 heterocycles. The lowest BCUT2D eigenvalue weighted by Gasteiger charge is -2.36. The Morgan fingerprint density at radius 3 is 2.64 bits per heavy atom. The van der Waals surface area contributed by atoms with Crippen molar-refractivity contribution in [1.29, 1.82) is 0 Å². The first kappa shape index (κ1) is 10.8. The average molecular weight is 196 g/mol. The highest BCUT2D eigenvalue weighted by molar-refractivity contribution is 5.88. The number of hydrogen-bond acceptors (Lipinski definition) is 2. The van der Waals surface area contributed by atoms with Gasteiger partial charge in [0.15, 0.2) is 0 Å². The number of piperidine rings is 1. The molecule has 0 aromatic rings. The fourth-order valence-electron chi connectivity index (χ4n) is 1.76. The molecule has 0 radical (unpaired) electrons. The Morgan fingerprint density at radius 1 is 1.50 bits per heavy atom. The maximum absolute atomic E-state index is 11.4. The van der Waals surface area contributed by atoms with Gasteiger partial charge < -0.3 is 10.6 Å². The van der Waals surface area contributed by atoms with Gasteiger partial charge in [-0.15, -0.1) is 0 Å². The smallest absolute Gasteiger partial charge is 0.246 e. The summed E-state index contributed by atoms with van der Waals surface area (Å²) in [4.78, 5) is 24.0. The van der Waals surface area contributed by atoms with Crippen molar-refractivity contribution in [3.63, 3.8) is 0 Å². The molecule has 0 aliphatic carbocycles. The SMILES string of the molecule is C=CC(=O)N1CC(C(N)=O)CCC1C. The Balaban J connectivity index is 2.68. The Labute approximate surface area is 83.8 Å². The maximum atomic E-state index is 11.4. The minimum atomic E-state index is -0.321. The molecule has 14 heavy (non-hydrogen) atoms. The molecule has 2 amide bonds. The lowest BCUT2D eigenvalue weighted by molar-refractivity contribution is -0.133. The lowest BCUT2D eigenvalue weighted by Crippen LogP contribution is -2.48. The van der Waals surface area contributed by atoms with Gasteiger partial charge in [-0.05, 0) is 25.8 Å². The van der Waals surface area contributed by atoms with Gasteiger partial charge in [-0.2, -0.15) is 0 Å². The summed E-state index contributed by atoms with van der Waals surface area (Å²) < 4.78 is 0. The van der Waals surface area contributed by atoms with Crippen LogP contribution in [-0.4, -0.2) is 29.3 Å². The molecule has 0 bridgehead atoms. The molecule has 4 heteroatoms. The van der Waals surface area contributed by atoms with E-state index in [1.165, 1.54) is 6.08 Å². The van der Waals surface area contributed by atoms with E-state index in [-0.39, 0.29) is 23.8 Å². The van der Waals surface area contributed by atoms with E-state index < -0.39 is 0 Å². The molecule has 0 spiro atoms. The van der Waals surface area contributed by atoms with E-state index in [2.05, 4.69) is 6.58 Å². The number of hydrogen-bond donors (Lipinski definition) is 1. The van der Waals surface area contributed by atoms with Gasteiger partial charge >= 0.3 is 0 Å². The zero-order valence-electron chi connectivity index (χ0n) is 8.40. The second-order valence-corrected chi connectivity index (χ2v) is 3.72. The Bertz CT molecular complexity index is 263. The molecule has 0 aromatic heterocycles. The molecule has 2 N–H and O–H groups in total. The summed E-state index contributed by atoms with van der Waals surface area (Å²) in [7, 11) is 0. The van der Waals surface area contributed by atoms with Crippen molar-refractivity contribution in [2.75, 3.05) is 6.54 Å². The predicted octanol–water partition coefficient (Wildman–Crippen LogP) is 0.285. The molecule has 1 aliphatic heterocycles. The van der Waals surface area contributed by atoms with Gasteiger partial charge in [0.2, 0.25) is 11.8 Å². The van der Waals surface area contributed by atoms with Crippen molar-refractivity contribution >= 4 is 11.8 Å². The molecular formula is C10H16N2O2. The second kappa shape index (κ2) is 4.26. The van der Waals surface area contributed by atoms with Gasteiger partial charge in [0.05, 0.1) is 5.92 Å². The molecule has 2 unspecified atom stereocenters. The first-order valence-corrected chi connectivity index (χ1v) is 4.78. The van der Waals surface area contributed by atoms with Crippen molar-refractivity contribution < 1.29 is 9.59 Å². The third-order valence-corrected chi connectivity index (χ3v) is 2.74. The Kier molecular flexibility index (Phi) is 3.28. The highest BCUT2D eigenvalue weighted by Gasteiger charge is 2.30. The fourth-order valence-corrected chi connectivity index (χ4v) is 1.76. The molecule has 1 saturated heterocycles. The van der Waals surface area contributed by atoms with E-state index in [4.69, 9.17) is 5.73 Å². The van der Waals surface area contributed by atoms with E-state index in [0.29, 0.717) is 6.54 Å². The third kappa shape index (κ3) is 2.13. The average Bonchev–Trinajstić information content (AvgIpc) is 2.17. The normalized spacial score (nSPS) is 27.1. The standard InChI is InChI=1S/C10H16N2O2/c1-3-9(13)12-6-8(10(11)14)5-4-7(12)2/h3,7-8H,1,4-6H2,2H3,(H2,11,14). The maximum Gasteiger partial charge on any atom is 0.246 e. The van der Waals surface area contributed by atoms with E-state index in [9.17, 15) is 9.59 Å². The number of likely N-dealkylation sites (tertiary alicyclic amines) is 1. The van der Waals surface area contributed by atoms with E-state index in [1.807, 2.05) is 6.92 Å². The van der Waals surface area contributed by atoms with Crippen LogP contribution in [0.3, 0.4) is 0 Å². The molecule has 1 fully saturated rings. The van der Waals surface area contributed by atoms with Crippen molar-refractivity contribution in [2.45, 2.75) is 25.8 Å². The summed E-state index contributed by atoms with van der Waals surface area (Å²) >= 11 is 0. The highest BCUT2D eigenvalue weighted by Crippen LogP contribution is 2.21. The first-order valence-electron chi connectivity index (χ1n) is 4.78. The lowest BCUT2D eigenvalue weighted by atomic mass is 9.93. The van der Waals surface area contributed by atoms with Crippen LogP contribution < -0.4 is 5.73 Å².